The zero-order valence-electron chi connectivity index (χ0n) is 10.5. The summed E-state index contributed by atoms with van der Waals surface area (Å²) < 4.78 is 19.8. The number of carbonyl (C=O) groups excluding carboxylic acids is 1. The molecule has 1 aliphatic rings. The fraction of sp³-hybridized carbons (Fsp3) is 0.357. The predicted octanol–water partition coefficient (Wildman–Crippen LogP) is 3.08. The summed E-state index contributed by atoms with van der Waals surface area (Å²) in [6.45, 7) is 0.244. The second-order valence-corrected chi connectivity index (χ2v) is 5.76. The molecule has 100 valence electrons. The first-order valence-corrected chi connectivity index (χ1v) is 7.02. The van der Waals surface area contributed by atoms with Crippen LogP contribution in [0.5, 0.6) is 0 Å². The Hall–Kier alpha value is -1.46. The standard InChI is InChI=1S/C14H14FNO2S/c1-18-7-9-12-10(15)3-2-4-11(12)19-13(9)14(17)16-8-5-6-8/h2-4,8H,5-7H2,1H3,(H,16,17). The average molecular weight is 279 g/mol. The van der Waals surface area contributed by atoms with E-state index in [1.807, 2.05) is 6.07 Å². The van der Waals surface area contributed by atoms with Crippen LogP contribution in [0.3, 0.4) is 0 Å². The van der Waals surface area contributed by atoms with E-state index in [4.69, 9.17) is 4.74 Å². The number of hydrogen-bond donors (Lipinski definition) is 1. The summed E-state index contributed by atoms with van der Waals surface area (Å²) in [5.41, 5.74) is 0.652. The van der Waals surface area contributed by atoms with Crippen LogP contribution in [0, 0.1) is 5.82 Å². The maximum absolute atomic E-state index is 13.9. The normalized spacial score (nSPS) is 14.8. The van der Waals surface area contributed by atoms with Gasteiger partial charge in [-0.05, 0) is 25.0 Å². The van der Waals surface area contributed by atoms with E-state index in [1.54, 1.807) is 13.2 Å². The summed E-state index contributed by atoms with van der Waals surface area (Å²) >= 11 is 1.32. The number of rotatable bonds is 4. The number of thiophene rings is 1. The molecule has 1 fully saturated rings. The summed E-state index contributed by atoms with van der Waals surface area (Å²) in [7, 11) is 1.55. The second-order valence-electron chi connectivity index (χ2n) is 4.70. The molecule has 1 amide bonds. The fourth-order valence-corrected chi connectivity index (χ4v) is 3.24. The molecular weight excluding hydrogens is 265 g/mol. The number of benzene rings is 1. The Balaban J connectivity index is 2.08. The van der Waals surface area contributed by atoms with E-state index < -0.39 is 0 Å². The molecule has 0 atom stereocenters. The van der Waals surface area contributed by atoms with Crippen molar-refractivity contribution >= 4 is 27.3 Å². The summed E-state index contributed by atoms with van der Waals surface area (Å²) in [6, 6.07) is 5.19. The van der Waals surface area contributed by atoms with Gasteiger partial charge in [0.2, 0.25) is 0 Å². The number of fused-ring (bicyclic) bond motifs is 1. The molecule has 1 aromatic carbocycles. The Morgan fingerprint density at radius 3 is 3.00 bits per heavy atom. The van der Waals surface area contributed by atoms with Crippen LogP contribution < -0.4 is 5.32 Å². The molecule has 3 rings (SSSR count). The number of methoxy groups -OCH3 is 1. The molecule has 3 nitrogen and oxygen atoms in total. The lowest BCUT2D eigenvalue weighted by molar-refractivity contribution is 0.0951. The summed E-state index contributed by atoms with van der Waals surface area (Å²) in [5, 5.41) is 3.45. The fourth-order valence-electron chi connectivity index (χ4n) is 2.11. The summed E-state index contributed by atoms with van der Waals surface area (Å²) in [5.74, 6) is -0.415. The third kappa shape index (κ3) is 2.35. The monoisotopic (exact) mass is 279 g/mol. The van der Waals surface area contributed by atoms with Crippen molar-refractivity contribution in [1.29, 1.82) is 0 Å². The minimum Gasteiger partial charge on any atom is -0.380 e. The van der Waals surface area contributed by atoms with Gasteiger partial charge in [0.05, 0.1) is 11.5 Å². The van der Waals surface area contributed by atoms with Crippen molar-refractivity contribution in [2.24, 2.45) is 0 Å². The van der Waals surface area contributed by atoms with Gasteiger partial charge < -0.3 is 10.1 Å². The van der Waals surface area contributed by atoms with Crippen molar-refractivity contribution in [1.82, 2.24) is 5.32 Å². The molecule has 0 aliphatic heterocycles. The average Bonchev–Trinajstić information content (AvgIpc) is 3.11. The molecule has 1 N–H and O–H groups in total. The summed E-state index contributed by atoms with van der Waals surface area (Å²) in [4.78, 5) is 12.8. The number of amides is 1. The molecule has 0 bridgehead atoms. The van der Waals surface area contributed by atoms with E-state index in [0.717, 1.165) is 17.5 Å². The van der Waals surface area contributed by atoms with E-state index >= 15 is 0 Å². The predicted molar refractivity (Wildman–Crippen MR) is 73.0 cm³/mol. The summed E-state index contributed by atoms with van der Waals surface area (Å²) in [6.07, 6.45) is 2.06. The molecule has 0 unspecified atom stereocenters. The molecule has 2 aromatic rings. The highest BCUT2D eigenvalue weighted by atomic mass is 32.1. The van der Waals surface area contributed by atoms with Crippen molar-refractivity contribution in [2.75, 3.05) is 7.11 Å². The maximum Gasteiger partial charge on any atom is 0.261 e. The zero-order chi connectivity index (χ0) is 13.4. The Labute approximate surface area is 114 Å². The lowest BCUT2D eigenvalue weighted by Crippen LogP contribution is -2.25. The number of ether oxygens (including phenoxy) is 1. The van der Waals surface area contributed by atoms with Gasteiger partial charge >= 0.3 is 0 Å². The molecular formula is C14H14FNO2S. The van der Waals surface area contributed by atoms with Crippen LogP contribution in [0.1, 0.15) is 28.1 Å². The van der Waals surface area contributed by atoms with Crippen LogP contribution in [-0.4, -0.2) is 19.1 Å². The van der Waals surface area contributed by atoms with Gasteiger partial charge in [0.15, 0.2) is 0 Å². The van der Waals surface area contributed by atoms with Crippen molar-refractivity contribution < 1.29 is 13.9 Å². The molecule has 1 heterocycles. The Bertz CT molecular complexity index is 634. The van der Waals surface area contributed by atoms with Crippen molar-refractivity contribution in [3.05, 3.63) is 34.5 Å². The van der Waals surface area contributed by atoms with Crippen LogP contribution in [-0.2, 0) is 11.3 Å². The van der Waals surface area contributed by atoms with Crippen LogP contribution in [0.2, 0.25) is 0 Å². The van der Waals surface area contributed by atoms with Crippen molar-refractivity contribution in [2.45, 2.75) is 25.5 Å². The lowest BCUT2D eigenvalue weighted by Gasteiger charge is -2.04. The third-order valence-electron chi connectivity index (χ3n) is 3.17. The molecule has 19 heavy (non-hydrogen) atoms. The molecule has 0 saturated heterocycles. The highest BCUT2D eigenvalue weighted by Crippen LogP contribution is 2.34. The number of hydrogen-bond acceptors (Lipinski definition) is 3. The Morgan fingerprint density at radius 2 is 2.32 bits per heavy atom. The van der Waals surface area contributed by atoms with Gasteiger partial charge in [0, 0.05) is 28.8 Å². The number of nitrogens with one attached hydrogen (secondary N) is 1. The van der Waals surface area contributed by atoms with E-state index in [0.29, 0.717) is 15.8 Å². The minimum atomic E-state index is -0.300. The largest absolute Gasteiger partial charge is 0.380 e. The van der Waals surface area contributed by atoms with Gasteiger partial charge in [-0.3, -0.25) is 4.79 Å². The highest BCUT2D eigenvalue weighted by molar-refractivity contribution is 7.21. The second kappa shape index (κ2) is 4.90. The minimum absolute atomic E-state index is 0.116. The van der Waals surface area contributed by atoms with Gasteiger partial charge in [-0.25, -0.2) is 4.39 Å². The molecule has 1 aromatic heterocycles. The molecule has 0 spiro atoms. The number of carbonyl (C=O) groups is 1. The van der Waals surface area contributed by atoms with Crippen LogP contribution in [0.25, 0.3) is 10.1 Å². The van der Waals surface area contributed by atoms with Gasteiger partial charge in [0.25, 0.3) is 5.91 Å². The molecule has 1 saturated carbocycles. The number of halogens is 1. The first-order chi connectivity index (χ1) is 9.20. The topological polar surface area (TPSA) is 38.3 Å². The zero-order valence-corrected chi connectivity index (χ0v) is 11.3. The lowest BCUT2D eigenvalue weighted by atomic mass is 10.1. The maximum atomic E-state index is 13.9. The highest BCUT2D eigenvalue weighted by Gasteiger charge is 2.27. The van der Waals surface area contributed by atoms with Gasteiger partial charge in [0.1, 0.15) is 5.82 Å². The Morgan fingerprint density at radius 1 is 1.53 bits per heavy atom. The van der Waals surface area contributed by atoms with Crippen LogP contribution in [0.4, 0.5) is 4.39 Å². The van der Waals surface area contributed by atoms with Gasteiger partial charge in [-0.15, -0.1) is 11.3 Å². The SMILES string of the molecule is COCc1c(C(=O)NC2CC2)sc2cccc(F)c12. The molecule has 5 heteroatoms. The van der Waals surface area contributed by atoms with Gasteiger partial charge in [-0.1, -0.05) is 6.07 Å². The first-order valence-electron chi connectivity index (χ1n) is 6.20. The smallest absolute Gasteiger partial charge is 0.261 e. The van der Waals surface area contributed by atoms with Crippen LogP contribution >= 0.6 is 11.3 Å². The molecule has 1 aliphatic carbocycles. The van der Waals surface area contributed by atoms with Crippen LogP contribution in [0.15, 0.2) is 18.2 Å². The van der Waals surface area contributed by atoms with E-state index in [-0.39, 0.29) is 24.4 Å². The van der Waals surface area contributed by atoms with E-state index in [9.17, 15) is 9.18 Å². The van der Waals surface area contributed by atoms with Crippen molar-refractivity contribution in [3.63, 3.8) is 0 Å². The quantitative estimate of drug-likeness (QED) is 0.934. The van der Waals surface area contributed by atoms with Crippen molar-refractivity contribution in [3.8, 4) is 0 Å². The van der Waals surface area contributed by atoms with Gasteiger partial charge in [-0.2, -0.15) is 0 Å². The third-order valence-corrected chi connectivity index (χ3v) is 4.37. The Kier molecular flexibility index (Phi) is 3.24. The van der Waals surface area contributed by atoms with E-state index in [1.165, 1.54) is 17.4 Å². The van der Waals surface area contributed by atoms with E-state index in [2.05, 4.69) is 5.32 Å². The first kappa shape index (κ1) is 12.6. The molecule has 0 radical (unpaired) electrons.